The van der Waals surface area contributed by atoms with Crippen LogP contribution in [0.5, 0.6) is 0 Å². The molecule has 1 N–H and O–H groups in total. The first-order chi connectivity index (χ1) is 9.13. The molecule has 0 bridgehead atoms. The number of nitrogens with zero attached hydrogens (tertiary/aromatic N) is 2. The van der Waals surface area contributed by atoms with E-state index in [0.717, 1.165) is 38.0 Å². The molecule has 1 amide bonds. The highest BCUT2D eigenvalue weighted by molar-refractivity contribution is 7.41. The van der Waals surface area contributed by atoms with Crippen LogP contribution >= 0.6 is 9.24 Å². The van der Waals surface area contributed by atoms with Crippen LogP contribution in [0.25, 0.3) is 0 Å². The van der Waals surface area contributed by atoms with Gasteiger partial charge in [0.25, 0.3) is 0 Å². The number of carbonyl (C=O) groups excluding carboxylic acids is 1. The summed E-state index contributed by atoms with van der Waals surface area (Å²) in [5.41, 5.74) is 1.64. The summed E-state index contributed by atoms with van der Waals surface area (Å²) in [6, 6.07) is 7.76. The lowest BCUT2D eigenvalue weighted by Crippen LogP contribution is -2.25. The Kier molecular flexibility index (Phi) is 6.51. The van der Waals surface area contributed by atoms with Crippen LogP contribution in [0.2, 0.25) is 0 Å². The van der Waals surface area contributed by atoms with Crippen molar-refractivity contribution in [2.75, 3.05) is 22.9 Å². The van der Waals surface area contributed by atoms with Gasteiger partial charge in [-0.05, 0) is 46.3 Å². The van der Waals surface area contributed by atoms with Crippen molar-refractivity contribution in [2.24, 2.45) is 0 Å². The number of amides is 1. The van der Waals surface area contributed by atoms with Crippen LogP contribution in [0.3, 0.4) is 0 Å². The van der Waals surface area contributed by atoms with E-state index >= 15 is 0 Å². The highest BCUT2D eigenvalue weighted by Gasteiger charge is 2.09. The number of nitrogens with one attached hydrogen (secondary N) is 1. The summed E-state index contributed by atoms with van der Waals surface area (Å²) in [7, 11) is 2.08. The fourth-order valence-electron chi connectivity index (χ4n) is 2.00. The highest BCUT2D eigenvalue weighted by atomic mass is 31.0. The van der Waals surface area contributed by atoms with Crippen molar-refractivity contribution in [3.8, 4) is 0 Å². The van der Waals surface area contributed by atoms with Crippen LogP contribution in [0.1, 0.15) is 26.7 Å². The van der Waals surface area contributed by atoms with E-state index in [1.807, 2.05) is 24.3 Å². The van der Waals surface area contributed by atoms with Gasteiger partial charge in [0.2, 0.25) is 5.65 Å². The first-order valence-electron chi connectivity index (χ1n) is 6.58. The third-order valence-electron chi connectivity index (χ3n) is 2.85. The Hall–Kier alpha value is -1.41. The summed E-state index contributed by atoms with van der Waals surface area (Å²) in [6.07, 6.45) is 3.25. The number of rotatable bonds is 7. The molecule has 0 aromatic heterocycles. The zero-order valence-corrected chi connectivity index (χ0v) is 12.7. The third kappa shape index (κ3) is 4.32. The van der Waals surface area contributed by atoms with Crippen LogP contribution in [0.4, 0.5) is 16.2 Å². The van der Waals surface area contributed by atoms with E-state index in [9.17, 15) is 4.79 Å². The normalized spacial score (nSPS) is 10.1. The molecule has 0 fully saturated rings. The van der Waals surface area contributed by atoms with Gasteiger partial charge in [0.05, 0.1) is 12.0 Å². The van der Waals surface area contributed by atoms with E-state index in [-0.39, 0.29) is 5.65 Å². The van der Waals surface area contributed by atoms with Crippen molar-refractivity contribution in [1.29, 1.82) is 5.41 Å². The van der Waals surface area contributed by atoms with Crippen molar-refractivity contribution < 1.29 is 4.79 Å². The average molecular weight is 279 g/mol. The summed E-state index contributed by atoms with van der Waals surface area (Å²) in [4.78, 5) is 15.0. The standard InChI is InChI=1S/C14H22N3OP/c1-3-9-16(10-4-2)12-5-7-13(8-6-12)17(11-15)14(18)19/h5-8,11,15H,3-4,9-10,19H2,1-2H3. The van der Waals surface area contributed by atoms with Gasteiger partial charge in [-0.2, -0.15) is 0 Å². The molecule has 19 heavy (non-hydrogen) atoms. The van der Waals surface area contributed by atoms with Crippen LogP contribution in [-0.2, 0) is 0 Å². The summed E-state index contributed by atoms with van der Waals surface area (Å²) in [6.45, 7) is 6.40. The van der Waals surface area contributed by atoms with Crippen molar-refractivity contribution in [3.05, 3.63) is 24.3 Å². The maximum absolute atomic E-state index is 11.3. The van der Waals surface area contributed by atoms with E-state index in [2.05, 4.69) is 28.0 Å². The monoisotopic (exact) mass is 279 g/mol. The predicted molar refractivity (Wildman–Crippen MR) is 85.6 cm³/mol. The van der Waals surface area contributed by atoms with Gasteiger partial charge in [-0.25, -0.2) is 0 Å². The fraction of sp³-hybridized carbons (Fsp3) is 0.429. The molecular formula is C14H22N3OP. The van der Waals surface area contributed by atoms with Crippen LogP contribution < -0.4 is 9.80 Å². The smallest absolute Gasteiger partial charge is 0.246 e. The maximum Gasteiger partial charge on any atom is 0.246 e. The number of benzene rings is 1. The van der Waals surface area contributed by atoms with Crippen LogP contribution in [0.15, 0.2) is 24.3 Å². The summed E-state index contributed by atoms with van der Waals surface area (Å²) in [5, 5.41) is 7.25. The quantitative estimate of drug-likeness (QED) is 0.470. The number of anilines is 2. The number of hydrogen-bond donors (Lipinski definition) is 1. The fourth-order valence-corrected chi connectivity index (χ4v) is 2.22. The molecule has 1 atom stereocenters. The predicted octanol–water partition coefficient (Wildman–Crippen LogP) is 3.72. The molecule has 0 saturated carbocycles. The summed E-state index contributed by atoms with van der Waals surface area (Å²) in [5.74, 6) is 0. The largest absolute Gasteiger partial charge is 0.372 e. The van der Waals surface area contributed by atoms with Gasteiger partial charge in [-0.1, -0.05) is 13.8 Å². The van der Waals surface area contributed by atoms with Gasteiger partial charge in [-0.15, -0.1) is 0 Å². The van der Waals surface area contributed by atoms with Crippen LogP contribution in [0, 0.1) is 5.41 Å². The molecule has 1 aromatic rings. The lowest BCUT2D eigenvalue weighted by molar-refractivity contribution is 0.267. The summed E-state index contributed by atoms with van der Waals surface area (Å²) >= 11 is 0. The van der Waals surface area contributed by atoms with Gasteiger partial charge in [0, 0.05) is 18.8 Å². The minimum Gasteiger partial charge on any atom is -0.372 e. The Bertz CT molecular complexity index is 413. The van der Waals surface area contributed by atoms with Crippen molar-refractivity contribution in [1.82, 2.24) is 0 Å². The Morgan fingerprint density at radius 1 is 1.16 bits per heavy atom. The lowest BCUT2D eigenvalue weighted by atomic mass is 10.2. The highest BCUT2D eigenvalue weighted by Crippen LogP contribution is 2.22. The zero-order valence-electron chi connectivity index (χ0n) is 11.6. The van der Waals surface area contributed by atoms with Gasteiger partial charge in [0.1, 0.15) is 0 Å². The SMILES string of the molecule is CCCN(CCC)c1ccc(N(C=N)C(=O)P)cc1. The minimum absolute atomic E-state index is 0.235. The van der Waals surface area contributed by atoms with Crippen molar-refractivity contribution >= 4 is 32.6 Å². The Morgan fingerprint density at radius 3 is 2.00 bits per heavy atom. The zero-order chi connectivity index (χ0) is 14.3. The first-order valence-corrected chi connectivity index (χ1v) is 7.16. The topological polar surface area (TPSA) is 47.4 Å². The molecular weight excluding hydrogens is 257 g/mol. The van der Waals surface area contributed by atoms with Crippen molar-refractivity contribution in [2.45, 2.75) is 26.7 Å². The van der Waals surface area contributed by atoms with Gasteiger partial charge < -0.3 is 4.90 Å². The van der Waals surface area contributed by atoms with E-state index in [4.69, 9.17) is 5.41 Å². The van der Waals surface area contributed by atoms with E-state index in [1.165, 1.54) is 4.90 Å². The molecule has 0 aliphatic heterocycles. The second kappa shape index (κ2) is 7.90. The molecule has 0 saturated heterocycles. The second-order valence-corrected chi connectivity index (χ2v) is 4.83. The molecule has 0 radical (unpaired) electrons. The molecule has 0 heterocycles. The average Bonchev–Trinajstić information content (AvgIpc) is 2.40. The molecule has 1 unspecified atom stereocenters. The van der Waals surface area contributed by atoms with E-state index < -0.39 is 0 Å². The molecule has 1 aromatic carbocycles. The molecule has 104 valence electrons. The number of hydrogen-bond acceptors (Lipinski definition) is 3. The van der Waals surface area contributed by atoms with Crippen molar-refractivity contribution in [3.63, 3.8) is 0 Å². The Labute approximate surface area is 117 Å². The molecule has 4 nitrogen and oxygen atoms in total. The molecule has 5 heteroatoms. The second-order valence-electron chi connectivity index (χ2n) is 4.34. The Balaban J connectivity index is 2.90. The molecule has 0 aliphatic rings. The number of carbonyl (C=O) groups is 1. The van der Waals surface area contributed by atoms with Gasteiger partial charge in [-0.3, -0.25) is 15.1 Å². The summed E-state index contributed by atoms with van der Waals surface area (Å²) < 4.78 is 0. The van der Waals surface area contributed by atoms with Gasteiger partial charge in [0.15, 0.2) is 0 Å². The molecule has 1 rings (SSSR count). The van der Waals surface area contributed by atoms with E-state index in [0.29, 0.717) is 5.69 Å². The van der Waals surface area contributed by atoms with Gasteiger partial charge >= 0.3 is 0 Å². The third-order valence-corrected chi connectivity index (χ3v) is 3.12. The Morgan fingerprint density at radius 2 is 1.63 bits per heavy atom. The minimum atomic E-state index is -0.235. The van der Waals surface area contributed by atoms with Crippen LogP contribution in [-0.4, -0.2) is 25.1 Å². The molecule has 0 aliphatic carbocycles. The lowest BCUT2D eigenvalue weighted by Gasteiger charge is -2.24. The maximum atomic E-state index is 11.3. The first kappa shape index (κ1) is 15.6. The van der Waals surface area contributed by atoms with E-state index in [1.54, 1.807) is 0 Å². The molecule has 0 spiro atoms.